The van der Waals surface area contributed by atoms with Gasteiger partial charge in [0, 0.05) is 31.6 Å². The lowest BCUT2D eigenvalue weighted by atomic mass is 10.2. The number of hydrogen-bond acceptors (Lipinski definition) is 5. The van der Waals surface area contributed by atoms with Gasteiger partial charge in [0.05, 0.1) is 11.5 Å². The zero-order valence-corrected chi connectivity index (χ0v) is 13.3. The fourth-order valence-electron chi connectivity index (χ4n) is 1.76. The molecule has 0 saturated heterocycles. The Labute approximate surface area is 119 Å². The molecule has 1 aromatic heterocycles. The molecule has 1 aromatic rings. The Bertz CT molecular complexity index is 483. The lowest BCUT2D eigenvalue weighted by molar-refractivity contribution is 0.175. The summed E-state index contributed by atoms with van der Waals surface area (Å²) in [7, 11) is -1.92. The van der Waals surface area contributed by atoms with Gasteiger partial charge >= 0.3 is 0 Å². The topological polar surface area (TPSA) is 72.6 Å². The molecule has 1 heterocycles. The highest BCUT2D eigenvalue weighted by atomic mass is 32.2. The summed E-state index contributed by atoms with van der Waals surface area (Å²) in [5, 5.41) is 1.76. The summed E-state index contributed by atoms with van der Waals surface area (Å²) >= 11 is 1.37. The predicted molar refractivity (Wildman–Crippen MR) is 77.7 cm³/mol. The molecule has 0 unspecified atom stereocenters. The third-order valence-corrected chi connectivity index (χ3v) is 5.64. The molecule has 2 N–H and O–H groups in total. The van der Waals surface area contributed by atoms with Gasteiger partial charge in [0.25, 0.3) is 0 Å². The molecule has 0 saturated carbocycles. The van der Waals surface area contributed by atoms with Crippen LogP contribution in [0, 0.1) is 5.92 Å². The maximum Gasteiger partial charge on any atom is 0.244 e. The van der Waals surface area contributed by atoms with Crippen LogP contribution < -0.4 is 5.73 Å². The van der Waals surface area contributed by atoms with E-state index in [1.54, 1.807) is 18.6 Å². The van der Waals surface area contributed by atoms with Crippen LogP contribution in [0.2, 0.25) is 0 Å². The van der Waals surface area contributed by atoms with Gasteiger partial charge < -0.3 is 10.5 Å². The molecule has 0 radical (unpaired) electrons. The van der Waals surface area contributed by atoms with Crippen LogP contribution in [0.1, 0.15) is 18.7 Å². The van der Waals surface area contributed by atoms with Crippen molar-refractivity contribution in [3.05, 3.63) is 16.3 Å². The van der Waals surface area contributed by atoms with Gasteiger partial charge in [-0.3, -0.25) is 0 Å². The van der Waals surface area contributed by atoms with Crippen LogP contribution in [0.5, 0.6) is 0 Å². The summed E-state index contributed by atoms with van der Waals surface area (Å²) in [5.41, 5.74) is 5.60. The molecule has 0 aliphatic carbocycles. The smallest absolute Gasteiger partial charge is 0.244 e. The third-order valence-electron chi connectivity index (χ3n) is 2.62. The number of hydrogen-bond donors (Lipinski definition) is 1. The fraction of sp³-hybridized carbons (Fsp3) is 0.667. The highest BCUT2D eigenvalue weighted by Crippen LogP contribution is 2.25. The maximum atomic E-state index is 12.6. The highest BCUT2D eigenvalue weighted by Gasteiger charge is 2.27. The van der Waals surface area contributed by atoms with E-state index >= 15 is 0 Å². The van der Waals surface area contributed by atoms with Gasteiger partial charge in [0.2, 0.25) is 10.0 Å². The Morgan fingerprint density at radius 2 is 2.16 bits per heavy atom. The summed E-state index contributed by atoms with van der Waals surface area (Å²) in [4.78, 5) is 1.03. The van der Waals surface area contributed by atoms with E-state index in [0.29, 0.717) is 29.5 Å². The van der Waals surface area contributed by atoms with E-state index in [4.69, 9.17) is 10.5 Å². The zero-order chi connectivity index (χ0) is 14.5. The number of nitrogens with zero attached hydrogens (tertiary/aromatic N) is 1. The van der Waals surface area contributed by atoms with E-state index in [1.807, 2.05) is 13.8 Å². The van der Waals surface area contributed by atoms with Crippen molar-refractivity contribution in [1.82, 2.24) is 4.31 Å². The quantitative estimate of drug-likeness (QED) is 0.790. The second-order valence-electron chi connectivity index (χ2n) is 4.66. The SMILES string of the molecule is COCCN(CC(C)C)S(=O)(=O)c1ccsc1CN. The summed E-state index contributed by atoms with van der Waals surface area (Å²) < 4.78 is 31.7. The van der Waals surface area contributed by atoms with Crippen LogP contribution in [0.3, 0.4) is 0 Å². The number of sulfonamides is 1. The Morgan fingerprint density at radius 1 is 1.47 bits per heavy atom. The summed E-state index contributed by atoms with van der Waals surface area (Å²) in [6.45, 7) is 5.45. The number of thiophene rings is 1. The van der Waals surface area contributed by atoms with Crippen LogP contribution in [0.4, 0.5) is 0 Å². The molecule has 0 aromatic carbocycles. The van der Waals surface area contributed by atoms with Gasteiger partial charge in [-0.15, -0.1) is 11.3 Å². The maximum absolute atomic E-state index is 12.6. The van der Waals surface area contributed by atoms with Crippen molar-refractivity contribution in [2.75, 3.05) is 26.8 Å². The Balaban J connectivity index is 3.04. The lowest BCUT2D eigenvalue weighted by Crippen LogP contribution is -2.37. The van der Waals surface area contributed by atoms with E-state index in [1.165, 1.54) is 15.6 Å². The van der Waals surface area contributed by atoms with Crippen LogP contribution in [0.15, 0.2) is 16.3 Å². The van der Waals surface area contributed by atoms with Crippen LogP contribution >= 0.6 is 11.3 Å². The Hall–Kier alpha value is -0.470. The van der Waals surface area contributed by atoms with Gasteiger partial charge in [-0.2, -0.15) is 4.31 Å². The summed E-state index contributed by atoms with van der Waals surface area (Å²) in [6, 6.07) is 1.63. The lowest BCUT2D eigenvalue weighted by Gasteiger charge is -2.23. The zero-order valence-electron chi connectivity index (χ0n) is 11.6. The van der Waals surface area contributed by atoms with Gasteiger partial charge in [-0.1, -0.05) is 13.8 Å². The summed E-state index contributed by atoms with van der Waals surface area (Å²) in [6.07, 6.45) is 0. The van der Waals surface area contributed by atoms with E-state index in [-0.39, 0.29) is 12.5 Å². The highest BCUT2D eigenvalue weighted by molar-refractivity contribution is 7.89. The molecule has 110 valence electrons. The van der Waals surface area contributed by atoms with Crippen LogP contribution in [-0.4, -0.2) is 39.5 Å². The van der Waals surface area contributed by atoms with E-state index in [9.17, 15) is 8.42 Å². The number of rotatable bonds is 8. The first-order valence-corrected chi connectivity index (χ1v) is 8.51. The van der Waals surface area contributed by atoms with Crippen molar-refractivity contribution < 1.29 is 13.2 Å². The standard InChI is InChI=1S/C12H22N2O3S2/c1-10(2)9-14(5-6-17-3)19(15,16)12-4-7-18-11(12)8-13/h4,7,10H,5-6,8-9,13H2,1-3H3. The minimum absolute atomic E-state index is 0.242. The Kier molecular flexibility index (Phi) is 6.41. The van der Waals surface area contributed by atoms with Crippen molar-refractivity contribution in [2.45, 2.75) is 25.3 Å². The van der Waals surface area contributed by atoms with Crippen LogP contribution in [-0.2, 0) is 21.3 Å². The average molecular weight is 306 g/mol. The molecule has 0 aliphatic rings. The number of ether oxygens (including phenoxy) is 1. The molecule has 0 spiro atoms. The molecule has 0 aliphatic heterocycles. The average Bonchev–Trinajstić information content (AvgIpc) is 2.82. The second kappa shape index (κ2) is 7.35. The minimum Gasteiger partial charge on any atom is -0.383 e. The molecule has 1 rings (SSSR count). The predicted octanol–water partition coefficient (Wildman–Crippen LogP) is 1.50. The van der Waals surface area contributed by atoms with Crippen molar-refractivity contribution in [1.29, 1.82) is 0 Å². The largest absolute Gasteiger partial charge is 0.383 e. The second-order valence-corrected chi connectivity index (χ2v) is 7.57. The van der Waals surface area contributed by atoms with Crippen molar-refractivity contribution in [3.63, 3.8) is 0 Å². The van der Waals surface area contributed by atoms with E-state index in [2.05, 4.69) is 0 Å². The molecular formula is C12H22N2O3S2. The fourth-order valence-corrected chi connectivity index (χ4v) is 4.65. The molecular weight excluding hydrogens is 284 g/mol. The van der Waals surface area contributed by atoms with Gasteiger partial charge in [0.1, 0.15) is 0 Å². The molecule has 0 atom stereocenters. The summed E-state index contributed by atoms with van der Waals surface area (Å²) in [5.74, 6) is 0.256. The van der Waals surface area contributed by atoms with Crippen molar-refractivity contribution in [3.8, 4) is 0 Å². The molecule has 19 heavy (non-hydrogen) atoms. The normalized spacial score (nSPS) is 12.5. The number of nitrogens with two attached hydrogens (primary N) is 1. The van der Waals surface area contributed by atoms with E-state index in [0.717, 1.165) is 0 Å². The molecule has 0 amide bonds. The molecule has 7 heteroatoms. The molecule has 5 nitrogen and oxygen atoms in total. The Morgan fingerprint density at radius 3 is 2.68 bits per heavy atom. The van der Waals surface area contributed by atoms with Gasteiger partial charge in [0.15, 0.2) is 0 Å². The first-order chi connectivity index (χ1) is 8.93. The van der Waals surface area contributed by atoms with Gasteiger partial charge in [-0.25, -0.2) is 8.42 Å². The molecule has 0 bridgehead atoms. The number of methoxy groups -OCH3 is 1. The van der Waals surface area contributed by atoms with E-state index < -0.39 is 10.0 Å². The molecule has 0 fully saturated rings. The van der Waals surface area contributed by atoms with Gasteiger partial charge in [-0.05, 0) is 17.4 Å². The first-order valence-electron chi connectivity index (χ1n) is 6.19. The third kappa shape index (κ3) is 4.25. The van der Waals surface area contributed by atoms with Crippen molar-refractivity contribution in [2.24, 2.45) is 11.7 Å². The van der Waals surface area contributed by atoms with Crippen LogP contribution in [0.25, 0.3) is 0 Å². The minimum atomic E-state index is -3.48. The first kappa shape index (κ1) is 16.6. The monoisotopic (exact) mass is 306 g/mol. The van der Waals surface area contributed by atoms with Crippen molar-refractivity contribution >= 4 is 21.4 Å².